The molecule has 0 unspecified atom stereocenters. The van der Waals surface area contributed by atoms with Crippen LogP contribution in [-0.4, -0.2) is 37.8 Å². The lowest BCUT2D eigenvalue weighted by molar-refractivity contribution is -0.117. The standard InChI is InChI=1S/C17H27N3O5S/c1-6-11-26(23,24)20-14-9-7-13(8-10-14)19-15(21)12(2)18-16(22)25-17(3,4)5/h7-10,12,20H,6,11H2,1-5H3,(H,18,22)(H,19,21)/t12-/m1/s1. The minimum Gasteiger partial charge on any atom is -0.444 e. The van der Waals surface area contributed by atoms with Gasteiger partial charge in [0.05, 0.1) is 5.75 Å². The lowest BCUT2D eigenvalue weighted by Crippen LogP contribution is -2.43. The molecule has 0 bridgehead atoms. The minimum absolute atomic E-state index is 0.0410. The van der Waals surface area contributed by atoms with Gasteiger partial charge in [0.15, 0.2) is 0 Å². The summed E-state index contributed by atoms with van der Waals surface area (Å²) in [5.41, 5.74) is 0.240. The quantitative estimate of drug-likeness (QED) is 0.668. The summed E-state index contributed by atoms with van der Waals surface area (Å²) in [5.74, 6) is -0.380. The van der Waals surface area contributed by atoms with E-state index in [9.17, 15) is 18.0 Å². The van der Waals surface area contributed by atoms with Crippen molar-refractivity contribution in [2.75, 3.05) is 15.8 Å². The number of benzene rings is 1. The highest BCUT2D eigenvalue weighted by Gasteiger charge is 2.21. The van der Waals surface area contributed by atoms with E-state index in [-0.39, 0.29) is 5.75 Å². The molecular formula is C17H27N3O5S. The zero-order valence-corrected chi connectivity index (χ0v) is 16.6. The van der Waals surface area contributed by atoms with Crippen molar-refractivity contribution in [3.05, 3.63) is 24.3 Å². The van der Waals surface area contributed by atoms with Gasteiger partial charge in [0.1, 0.15) is 11.6 Å². The van der Waals surface area contributed by atoms with E-state index >= 15 is 0 Å². The fourth-order valence-electron chi connectivity index (χ4n) is 1.92. The van der Waals surface area contributed by atoms with Gasteiger partial charge in [0.25, 0.3) is 0 Å². The maximum atomic E-state index is 12.1. The van der Waals surface area contributed by atoms with Crippen LogP contribution in [0.25, 0.3) is 0 Å². The molecule has 0 heterocycles. The number of amides is 2. The molecule has 2 amide bonds. The average molecular weight is 385 g/mol. The van der Waals surface area contributed by atoms with E-state index in [0.29, 0.717) is 17.8 Å². The first-order chi connectivity index (χ1) is 11.9. The Labute approximate surface area is 154 Å². The number of rotatable bonds is 7. The summed E-state index contributed by atoms with van der Waals surface area (Å²) in [6, 6.07) is 5.44. The molecule has 1 aromatic carbocycles. The molecule has 1 aromatic rings. The molecule has 146 valence electrons. The molecule has 0 saturated carbocycles. The van der Waals surface area contributed by atoms with Gasteiger partial charge in [-0.2, -0.15) is 0 Å². The SMILES string of the molecule is CCCS(=O)(=O)Nc1ccc(NC(=O)[C@@H](C)NC(=O)OC(C)(C)C)cc1. The number of ether oxygens (including phenoxy) is 1. The highest BCUT2D eigenvalue weighted by molar-refractivity contribution is 7.92. The van der Waals surface area contributed by atoms with Gasteiger partial charge in [0.2, 0.25) is 15.9 Å². The summed E-state index contributed by atoms with van der Waals surface area (Å²) in [6.07, 6.45) is -0.160. The largest absolute Gasteiger partial charge is 0.444 e. The van der Waals surface area contributed by atoms with Crippen molar-refractivity contribution in [3.8, 4) is 0 Å². The van der Waals surface area contributed by atoms with Crippen molar-refractivity contribution in [1.29, 1.82) is 0 Å². The van der Waals surface area contributed by atoms with Crippen molar-refractivity contribution in [2.45, 2.75) is 52.7 Å². The molecule has 0 radical (unpaired) electrons. The van der Waals surface area contributed by atoms with Gasteiger partial charge >= 0.3 is 6.09 Å². The summed E-state index contributed by atoms with van der Waals surface area (Å²) in [7, 11) is -3.36. The third kappa shape index (κ3) is 8.19. The summed E-state index contributed by atoms with van der Waals surface area (Å²) in [6.45, 7) is 8.51. The first kappa shape index (κ1) is 21.8. The number of nitrogens with one attached hydrogen (secondary N) is 3. The molecule has 8 nitrogen and oxygen atoms in total. The highest BCUT2D eigenvalue weighted by atomic mass is 32.2. The molecular weight excluding hydrogens is 358 g/mol. The summed E-state index contributed by atoms with van der Waals surface area (Å²) in [5, 5.41) is 5.09. The Kier molecular flexibility index (Phi) is 7.43. The van der Waals surface area contributed by atoms with Crippen LogP contribution in [0.5, 0.6) is 0 Å². The molecule has 9 heteroatoms. The second-order valence-electron chi connectivity index (χ2n) is 6.86. The van der Waals surface area contributed by atoms with Gasteiger partial charge < -0.3 is 15.4 Å². The third-order valence-electron chi connectivity index (χ3n) is 3.03. The maximum absolute atomic E-state index is 12.1. The monoisotopic (exact) mass is 385 g/mol. The number of sulfonamides is 1. The predicted octanol–water partition coefficient (Wildman–Crippen LogP) is 2.69. The Bertz CT molecular complexity index is 724. The molecule has 0 saturated heterocycles. The number of carbonyl (C=O) groups is 2. The molecule has 0 aliphatic carbocycles. The van der Waals surface area contributed by atoms with Crippen LogP contribution in [0.15, 0.2) is 24.3 Å². The van der Waals surface area contributed by atoms with Crippen LogP contribution in [0.2, 0.25) is 0 Å². The fourth-order valence-corrected chi connectivity index (χ4v) is 3.06. The normalized spacial score (nSPS) is 12.8. The molecule has 1 atom stereocenters. The number of hydrogen-bond acceptors (Lipinski definition) is 5. The van der Waals surface area contributed by atoms with Gasteiger partial charge in [-0.3, -0.25) is 9.52 Å². The number of carbonyl (C=O) groups excluding carboxylic acids is 2. The van der Waals surface area contributed by atoms with Crippen molar-refractivity contribution < 1.29 is 22.7 Å². The molecule has 0 aliphatic rings. The second-order valence-corrected chi connectivity index (χ2v) is 8.70. The van der Waals surface area contributed by atoms with Gasteiger partial charge in [0, 0.05) is 11.4 Å². The average Bonchev–Trinajstić information content (AvgIpc) is 2.46. The zero-order chi connectivity index (χ0) is 20.0. The van der Waals surface area contributed by atoms with Crippen LogP contribution in [-0.2, 0) is 19.6 Å². The van der Waals surface area contributed by atoms with E-state index in [1.165, 1.54) is 6.92 Å². The molecule has 26 heavy (non-hydrogen) atoms. The molecule has 3 N–H and O–H groups in total. The summed E-state index contributed by atoms with van der Waals surface area (Å²) >= 11 is 0. The van der Waals surface area contributed by atoms with Gasteiger partial charge in [-0.05, 0) is 58.4 Å². The van der Waals surface area contributed by atoms with E-state index in [1.807, 2.05) is 0 Å². The molecule has 1 rings (SSSR count). The van der Waals surface area contributed by atoms with E-state index in [4.69, 9.17) is 4.74 Å². The lowest BCUT2D eigenvalue weighted by atomic mass is 10.2. The van der Waals surface area contributed by atoms with E-state index in [2.05, 4.69) is 15.4 Å². The van der Waals surface area contributed by atoms with E-state index < -0.39 is 33.7 Å². The van der Waals surface area contributed by atoms with Crippen LogP contribution in [0.1, 0.15) is 41.0 Å². The van der Waals surface area contributed by atoms with Crippen LogP contribution >= 0.6 is 0 Å². The van der Waals surface area contributed by atoms with Gasteiger partial charge in [-0.25, -0.2) is 13.2 Å². The van der Waals surface area contributed by atoms with Crippen LogP contribution in [0.4, 0.5) is 16.2 Å². The number of hydrogen-bond donors (Lipinski definition) is 3. The third-order valence-corrected chi connectivity index (χ3v) is 4.52. The molecule has 0 aromatic heterocycles. The smallest absolute Gasteiger partial charge is 0.408 e. The predicted molar refractivity (Wildman–Crippen MR) is 102 cm³/mol. The summed E-state index contributed by atoms with van der Waals surface area (Å²) < 4.78 is 31.0. The van der Waals surface area contributed by atoms with Crippen molar-refractivity contribution in [1.82, 2.24) is 5.32 Å². The Morgan fingerprint density at radius 3 is 2.15 bits per heavy atom. The molecule has 0 aliphatic heterocycles. The van der Waals surface area contributed by atoms with Crippen molar-refractivity contribution >= 4 is 33.4 Å². The lowest BCUT2D eigenvalue weighted by Gasteiger charge is -2.21. The Hall–Kier alpha value is -2.29. The van der Waals surface area contributed by atoms with Crippen LogP contribution in [0, 0.1) is 0 Å². The van der Waals surface area contributed by atoms with E-state index in [0.717, 1.165) is 0 Å². The second kappa shape index (κ2) is 8.88. The minimum atomic E-state index is -3.36. The van der Waals surface area contributed by atoms with E-state index in [1.54, 1.807) is 52.0 Å². The zero-order valence-electron chi connectivity index (χ0n) is 15.8. The maximum Gasteiger partial charge on any atom is 0.408 e. The van der Waals surface area contributed by atoms with Crippen LogP contribution in [0.3, 0.4) is 0 Å². The number of anilines is 2. The molecule has 0 spiro atoms. The van der Waals surface area contributed by atoms with Crippen LogP contribution < -0.4 is 15.4 Å². The Morgan fingerprint density at radius 2 is 1.65 bits per heavy atom. The summed E-state index contributed by atoms with van der Waals surface area (Å²) in [4.78, 5) is 23.8. The number of alkyl carbamates (subject to hydrolysis) is 1. The Morgan fingerprint density at radius 1 is 1.12 bits per heavy atom. The molecule has 0 fully saturated rings. The van der Waals surface area contributed by atoms with Gasteiger partial charge in [-0.15, -0.1) is 0 Å². The van der Waals surface area contributed by atoms with Crippen molar-refractivity contribution in [2.24, 2.45) is 0 Å². The van der Waals surface area contributed by atoms with Gasteiger partial charge in [-0.1, -0.05) is 6.92 Å². The van der Waals surface area contributed by atoms with Crippen molar-refractivity contribution in [3.63, 3.8) is 0 Å². The highest BCUT2D eigenvalue weighted by Crippen LogP contribution is 2.15. The first-order valence-corrected chi connectivity index (χ1v) is 9.98. The fraction of sp³-hybridized carbons (Fsp3) is 0.529. The topological polar surface area (TPSA) is 114 Å². The first-order valence-electron chi connectivity index (χ1n) is 8.33. The Balaban J connectivity index is 2.60.